The first kappa shape index (κ1) is 17.8. The van der Waals surface area contributed by atoms with Gasteiger partial charge < -0.3 is 21.3 Å². The molecular formula is C17H25N5O2. The van der Waals surface area contributed by atoms with Crippen molar-refractivity contribution in [3.05, 3.63) is 35.4 Å². The highest BCUT2D eigenvalue weighted by molar-refractivity contribution is 5.93. The van der Waals surface area contributed by atoms with Crippen LogP contribution in [0.25, 0.3) is 0 Å². The van der Waals surface area contributed by atoms with Crippen LogP contribution in [0.4, 0.5) is 0 Å². The number of amides is 2. The number of hydrogen-bond donors (Lipinski definition) is 3. The van der Waals surface area contributed by atoms with Crippen LogP contribution in [0, 0.1) is 0 Å². The van der Waals surface area contributed by atoms with Crippen molar-refractivity contribution in [3.63, 3.8) is 0 Å². The maximum atomic E-state index is 12.1. The Labute approximate surface area is 142 Å². The Bertz CT molecular complexity index is 609. The molecule has 0 atom stereocenters. The second kappa shape index (κ2) is 8.90. The highest BCUT2D eigenvalue weighted by atomic mass is 16.2. The Balaban J connectivity index is 1.93. The van der Waals surface area contributed by atoms with E-state index in [-0.39, 0.29) is 12.5 Å². The van der Waals surface area contributed by atoms with Crippen LogP contribution in [0.1, 0.15) is 35.7 Å². The molecule has 130 valence electrons. The fraction of sp³-hybridized carbons (Fsp3) is 0.471. The van der Waals surface area contributed by atoms with Gasteiger partial charge in [-0.3, -0.25) is 9.59 Å². The number of benzene rings is 1. The van der Waals surface area contributed by atoms with Gasteiger partial charge in [-0.05, 0) is 37.5 Å². The number of aliphatic imine (C=N–C) groups is 1. The number of carbonyl (C=O) groups is 2. The third kappa shape index (κ3) is 5.26. The molecule has 1 aliphatic rings. The number of carbonyl (C=O) groups excluding carboxylic acids is 2. The monoisotopic (exact) mass is 331 g/mol. The summed E-state index contributed by atoms with van der Waals surface area (Å²) >= 11 is 0. The van der Waals surface area contributed by atoms with Gasteiger partial charge in [0.05, 0.1) is 13.1 Å². The van der Waals surface area contributed by atoms with Crippen LogP contribution < -0.4 is 16.4 Å². The Morgan fingerprint density at radius 3 is 2.67 bits per heavy atom. The number of nitrogens with zero attached hydrogens (tertiary/aromatic N) is 2. The molecule has 1 fully saturated rings. The minimum absolute atomic E-state index is 0.0915. The van der Waals surface area contributed by atoms with Crippen molar-refractivity contribution in [1.29, 1.82) is 0 Å². The number of rotatable bonds is 6. The second-order valence-corrected chi connectivity index (χ2v) is 5.70. The molecule has 0 radical (unpaired) electrons. The lowest BCUT2D eigenvalue weighted by Gasteiger charge is -2.17. The Morgan fingerprint density at radius 1 is 1.25 bits per heavy atom. The van der Waals surface area contributed by atoms with Gasteiger partial charge >= 0.3 is 0 Å². The van der Waals surface area contributed by atoms with Crippen molar-refractivity contribution >= 4 is 17.8 Å². The van der Waals surface area contributed by atoms with Crippen LogP contribution in [0.2, 0.25) is 0 Å². The van der Waals surface area contributed by atoms with Crippen LogP contribution in [0.15, 0.2) is 29.3 Å². The van der Waals surface area contributed by atoms with Crippen LogP contribution in [-0.2, 0) is 11.3 Å². The van der Waals surface area contributed by atoms with E-state index in [2.05, 4.69) is 15.6 Å². The predicted molar refractivity (Wildman–Crippen MR) is 93.6 cm³/mol. The molecule has 2 rings (SSSR count). The zero-order valence-electron chi connectivity index (χ0n) is 14.0. The summed E-state index contributed by atoms with van der Waals surface area (Å²) in [6, 6.07) is 7.07. The maximum Gasteiger partial charge on any atom is 0.248 e. The van der Waals surface area contributed by atoms with Gasteiger partial charge in [0.1, 0.15) is 0 Å². The fourth-order valence-corrected chi connectivity index (χ4v) is 2.57. The Kier molecular flexibility index (Phi) is 6.60. The second-order valence-electron chi connectivity index (χ2n) is 5.70. The van der Waals surface area contributed by atoms with Crippen molar-refractivity contribution in [2.75, 3.05) is 26.2 Å². The van der Waals surface area contributed by atoms with Crippen LogP contribution >= 0.6 is 0 Å². The first-order valence-electron chi connectivity index (χ1n) is 8.29. The quantitative estimate of drug-likeness (QED) is 0.521. The molecule has 7 heteroatoms. The average molecular weight is 331 g/mol. The van der Waals surface area contributed by atoms with E-state index in [0.29, 0.717) is 24.6 Å². The molecule has 0 aliphatic carbocycles. The number of likely N-dealkylation sites (tertiary alicyclic amines) is 1. The highest BCUT2D eigenvalue weighted by Crippen LogP contribution is 2.07. The summed E-state index contributed by atoms with van der Waals surface area (Å²) in [4.78, 5) is 29.6. The van der Waals surface area contributed by atoms with Gasteiger partial charge in [-0.25, -0.2) is 4.99 Å². The molecule has 1 saturated heterocycles. The summed E-state index contributed by atoms with van der Waals surface area (Å²) in [5, 5.41) is 6.17. The van der Waals surface area contributed by atoms with Crippen LogP contribution in [-0.4, -0.2) is 48.9 Å². The van der Waals surface area contributed by atoms with Crippen molar-refractivity contribution in [2.24, 2.45) is 10.7 Å². The molecule has 4 N–H and O–H groups in total. The van der Waals surface area contributed by atoms with Gasteiger partial charge in [0.25, 0.3) is 0 Å². The number of guanidine groups is 1. The number of nitrogens with one attached hydrogen (secondary N) is 2. The molecule has 0 unspecified atom stereocenters. The largest absolute Gasteiger partial charge is 0.366 e. The van der Waals surface area contributed by atoms with Gasteiger partial charge in [-0.2, -0.15) is 0 Å². The molecule has 1 aliphatic heterocycles. The third-order valence-corrected chi connectivity index (χ3v) is 3.84. The first-order valence-corrected chi connectivity index (χ1v) is 8.29. The normalized spacial score (nSPS) is 14.5. The third-order valence-electron chi connectivity index (χ3n) is 3.84. The number of primary amides is 1. The molecule has 1 aromatic rings. The van der Waals surface area contributed by atoms with E-state index in [1.165, 1.54) is 0 Å². The summed E-state index contributed by atoms with van der Waals surface area (Å²) < 4.78 is 0. The lowest BCUT2D eigenvalue weighted by Crippen LogP contribution is -2.44. The smallest absolute Gasteiger partial charge is 0.248 e. The molecule has 1 aromatic carbocycles. The van der Waals surface area contributed by atoms with Crippen molar-refractivity contribution in [2.45, 2.75) is 26.3 Å². The van der Waals surface area contributed by atoms with Crippen molar-refractivity contribution < 1.29 is 9.59 Å². The first-order chi connectivity index (χ1) is 11.6. The molecule has 0 spiro atoms. The van der Waals surface area contributed by atoms with Gasteiger partial charge in [0.15, 0.2) is 5.96 Å². The molecule has 7 nitrogen and oxygen atoms in total. The molecule has 0 saturated carbocycles. The summed E-state index contributed by atoms with van der Waals surface area (Å²) in [5.74, 6) is 0.213. The summed E-state index contributed by atoms with van der Waals surface area (Å²) in [7, 11) is 0. The van der Waals surface area contributed by atoms with Gasteiger partial charge in [0.2, 0.25) is 11.8 Å². The maximum absolute atomic E-state index is 12.1. The number of nitrogens with two attached hydrogens (primary N) is 1. The molecule has 0 bridgehead atoms. The standard InChI is InChI=1S/C17H25N5O2/c1-2-19-17(21-12-15(23)22-8-3-4-9-22)20-11-13-6-5-7-14(10-13)16(18)24/h5-7,10H,2-4,8-9,11-12H2,1H3,(H2,18,24)(H2,19,20,21). The van der Waals surface area contributed by atoms with E-state index < -0.39 is 5.91 Å². The Morgan fingerprint density at radius 2 is 2.00 bits per heavy atom. The van der Waals surface area contributed by atoms with Crippen LogP contribution in [0.5, 0.6) is 0 Å². The van der Waals surface area contributed by atoms with E-state index in [0.717, 1.165) is 31.5 Å². The average Bonchev–Trinajstić information content (AvgIpc) is 3.12. The molecular weight excluding hydrogens is 306 g/mol. The topological polar surface area (TPSA) is 99.8 Å². The van der Waals surface area contributed by atoms with E-state index >= 15 is 0 Å². The van der Waals surface area contributed by atoms with E-state index in [4.69, 9.17) is 5.73 Å². The highest BCUT2D eigenvalue weighted by Gasteiger charge is 2.17. The van der Waals surface area contributed by atoms with Crippen LogP contribution in [0.3, 0.4) is 0 Å². The Hall–Kier alpha value is -2.57. The fourth-order valence-electron chi connectivity index (χ4n) is 2.57. The lowest BCUT2D eigenvalue weighted by molar-refractivity contribution is -0.128. The molecule has 0 aromatic heterocycles. The predicted octanol–water partition coefficient (Wildman–Crippen LogP) is 0.463. The van der Waals surface area contributed by atoms with Gasteiger partial charge in [-0.1, -0.05) is 12.1 Å². The van der Waals surface area contributed by atoms with Crippen molar-refractivity contribution in [3.8, 4) is 0 Å². The summed E-state index contributed by atoms with van der Waals surface area (Å²) in [6.07, 6.45) is 2.16. The molecule has 2 amide bonds. The van der Waals surface area contributed by atoms with E-state index in [9.17, 15) is 9.59 Å². The van der Waals surface area contributed by atoms with Crippen molar-refractivity contribution in [1.82, 2.24) is 15.5 Å². The summed E-state index contributed by atoms with van der Waals surface area (Å²) in [6.45, 7) is 4.97. The van der Waals surface area contributed by atoms with Gasteiger partial charge in [-0.15, -0.1) is 0 Å². The molecule has 1 heterocycles. The zero-order chi connectivity index (χ0) is 17.4. The van der Waals surface area contributed by atoms with Gasteiger partial charge in [0, 0.05) is 25.2 Å². The minimum atomic E-state index is -0.456. The number of hydrogen-bond acceptors (Lipinski definition) is 3. The molecule has 24 heavy (non-hydrogen) atoms. The SMILES string of the molecule is CCNC(=NCc1cccc(C(N)=O)c1)NCC(=O)N1CCCC1. The van der Waals surface area contributed by atoms with E-state index in [1.54, 1.807) is 18.2 Å². The minimum Gasteiger partial charge on any atom is -0.366 e. The zero-order valence-corrected chi connectivity index (χ0v) is 14.0. The van der Waals surface area contributed by atoms with E-state index in [1.807, 2.05) is 17.9 Å². The summed E-state index contributed by atoms with van der Waals surface area (Å²) in [5.41, 5.74) is 6.63. The lowest BCUT2D eigenvalue weighted by atomic mass is 10.1.